The third kappa shape index (κ3) is 3.22. The summed E-state index contributed by atoms with van der Waals surface area (Å²) in [5.41, 5.74) is 2.92. The van der Waals surface area contributed by atoms with Crippen molar-refractivity contribution in [2.45, 2.75) is 32.1 Å². The van der Waals surface area contributed by atoms with Crippen LogP contribution in [0.15, 0.2) is 34.2 Å². The Balaban J connectivity index is 2.56. The Hall–Kier alpha value is -1.32. The molecule has 20 heavy (non-hydrogen) atoms. The summed E-state index contributed by atoms with van der Waals surface area (Å²) in [6.07, 6.45) is 2.67. The van der Waals surface area contributed by atoms with Crippen LogP contribution in [0.25, 0.3) is 10.9 Å². The molecule has 0 aliphatic carbocycles. The molecule has 2 nitrogen and oxygen atoms in total. The number of rotatable bonds is 4. The molecule has 0 unspecified atom stereocenters. The van der Waals surface area contributed by atoms with Crippen molar-refractivity contribution >= 4 is 35.1 Å². The summed E-state index contributed by atoms with van der Waals surface area (Å²) < 4.78 is 5.53. The molecule has 2 aromatic rings. The van der Waals surface area contributed by atoms with Gasteiger partial charge in [-0.3, -0.25) is 4.98 Å². The minimum atomic E-state index is 0.637. The van der Waals surface area contributed by atoms with E-state index in [9.17, 15) is 0 Å². The van der Waals surface area contributed by atoms with E-state index in [1.165, 1.54) is 0 Å². The van der Waals surface area contributed by atoms with E-state index in [-0.39, 0.29) is 0 Å². The Labute approximate surface area is 130 Å². The SMILES string of the molecule is CCOc1ccc2nc(C)c(C/C=C(/C)Cl)c([S-])c2c1. The number of pyridine rings is 1. The van der Waals surface area contributed by atoms with Gasteiger partial charge in [0.25, 0.3) is 0 Å². The number of ether oxygens (including phenoxy) is 1. The molecular formula is C16H17ClNOS-. The van der Waals surface area contributed by atoms with E-state index in [2.05, 4.69) is 4.98 Å². The molecule has 0 aliphatic rings. The minimum Gasteiger partial charge on any atom is -0.779 e. The molecule has 0 amide bonds. The highest BCUT2D eigenvalue weighted by molar-refractivity contribution is 7.59. The minimum absolute atomic E-state index is 0.637. The molecule has 0 radical (unpaired) electrons. The zero-order valence-electron chi connectivity index (χ0n) is 11.9. The molecule has 2 rings (SSSR count). The van der Waals surface area contributed by atoms with E-state index in [1.54, 1.807) is 0 Å². The molecule has 0 saturated carbocycles. The number of benzene rings is 1. The van der Waals surface area contributed by atoms with Gasteiger partial charge in [-0.2, -0.15) is 4.90 Å². The standard InChI is InChI=1S/C16H18ClNOS/c1-4-19-12-6-8-15-14(9-12)16(20)13(11(3)18-15)7-5-10(2)17/h5-6,8-9H,4,7H2,1-3H3,(H,18,20)/p-1/b10-5-. The van der Waals surface area contributed by atoms with Gasteiger partial charge in [0, 0.05) is 10.7 Å². The van der Waals surface area contributed by atoms with Gasteiger partial charge in [0.05, 0.1) is 12.1 Å². The lowest BCUT2D eigenvalue weighted by Crippen LogP contribution is -1.98. The lowest BCUT2D eigenvalue weighted by Gasteiger charge is -2.19. The molecule has 1 aromatic carbocycles. The summed E-state index contributed by atoms with van der Waals surface area (Å²) in [5, 5.41) is 1.73. The van der Waals surface area contributed by atoms with Crippen LogP contribution in [0.1, 0.15) is 25.1 Å². The van der Waals surface area contributed by atoms with Crippen LogP contribution in [0.2, 0.25) is 0 Å². The van der Waals surface area contributed by atoms with Gasteiger partial charge < -0.3 is 17.4 Å². The van der Waals surface area contributed by atoms with Crippen LogP contribution >= 0.6 is 11.6 Å². The molecule has 106 valence electrons. The van der Waals surface area contributed by atoms with Crippen molar-refractivity contribution in [3.8, 4) is 5.75 Å². The number of aryl methyl sites for hydroxylation is 1. The first-order chi connectivity index (χ1) is 9.52. The summed E-state index contributed by atoms with van der Waals surface area (Å²) in [4.78, 5) is 5.46. The zero-order valence-corrected chi connectivity index (χ0v) is 13.4. The Morgan fingerprint density at radius 3 is 2.85 bits per heavy atom. The smallest absolute Gasteiger partial charge is 0.119 e. The van der Waals surface area contributed by atoms with Crippen LogP contribution in [0.4, 0.5) is 0 Å². The third-order valence-electron chi connectivity index (χ3n) is 3.11. The fraction of sp³-hybridized carbons (Fsp3) is 0.312. The third-order valence-corrected chi connectivity index (χ3v) is 3.73. The van der Waals surface area contributed by atoms with Crippen molar-refractivity contribution in [3.05, 3.63) is 40.6 Å². The highest BCUT2D eigenvalue weighted by Gasteiger charge is 2.05. The van der Waals surface area contributed by atoms with Gasteiger partial charge >= 0.3 is 0 Å². The van der Waals surface area contributed by atoms with Gasteiger partial charge in [0.15, 0.2) is 0 Å². The topological polar surface area (TPSA) is 22.1 Å². The predicted octanol–water partition coefficient (Wildman–Crippen LogP) is 4.53. The predicted molar refractivity (Wildman–Crippen MR) is 86.6 cm³/mol. The first-order valence-corrected chi connectivity index (χ1v) is 7.36. The van der Waals surface area contributed by atoms with E-state index in [0.717, 1.165) is 37.8 Å². The molecule has 0 saturated heterocycles. The van der Waals surface area contributed by atoms with Crippen molar-refractivity contribution in [3.63, 3.8) is 0 Å². The van der Waals surface area contributed by atoms with Crippen LogP contribution in [-0.2, 0) is 19.0 Å². The van der Waals surface area contributed by atoms with Crippen LogP contribution in [0.3, 0.4) is 0 Å². The molecule has 0 fully saturated rings. The number of hydrogen-bond donors (Lipinski definition) is 0. The summed E-state index contributed by atoms with van der Waals surface area (Å²) in [6, 6.07) is 5.85. The summed E-state index contributed by atoms with van der Waals surface area (Å²) in [6.45, 7) is 6.45. The van der Waals surface area contributed by atoms with Crippen molar-refractivity contribution in [2.24, 2.45) is 0 Å². The van der Waals surface area contributed by atoms with Gasteiger partial charge in [0.2, 0.25) is 0 Å². The van der Waals surface area contributed by atoms with Gasteiger partial charge in [0.1, 0.15) is 5.75 Å². The van der Waals surface area contributed by atoms with E-state index >= 15 is 0 Å². The van der Waals surface area contributed by atoms with Gasteiger partial charge in [-0.05, 0) is 56.3 Å². The van der Waals surface area contributed by atoms with E-state index < -0.39 is 0 Å². The van der Waals surface area contributed by atoms with Crippen LogP contribution in [0.5, 0.6) is 5.75 Å². The summed E-state index contributed by atoms with van der Waals surface area (Å²) >= 11 is 11.5. The lowest BCUT2D eigenvalue weighted by atomic mass is 10.1. The Morgan fingerprint density at radius 1 is 1.45 bits per heavy atom. The van der Waals surface area contributed by atoms with E-state index in [4.69, 9.17) is 29.0 Å². The average Bonchev–Trinajstić information content (AvgIpc) is 2.39. The number of hydrogen-bond acceptors (Lipinski definition) is 3. The van der Waals surface area contributed by atoms with Crippen molar-refractivity contribution in [1.29, 1.82) is 0 Å². The zero-order chi connectivity index (χ0) is 14.7. The second-order valence-electron chi connectivity index (χ2n) is 4.61. The number of aromatic nitrogens is 1. The molecule has 0 N–H and O–H groups in total. The molecule has 0 spiro atoms. The molecule has 1 aromatic heterocycles. The fourth-order valence-corrected chi connectivity index (χ4v) is 2.58. The molecular weight excluding hydrogens is 290 g/mol. The van der Waals surface area contributed by atoms with Gasteiger partial charge in [-0.15, -0.1) is 0 Å². The van der Waals surface area contributed by atoms with Gasteiger partial charge in [-0.1, -0.05) is 17.7 Å². The highest BCUT2D eigenvalue weighted by atomic mass is 35.5. The van der Waals surface area contributed by atoms with E-state index in [0.29, 0.717) is 13.0 Å². The number of nitrogens with zero attached hydrogens (tertiary/aromatic N) is 1. The largest absolute Gasteiger partial charge is 0.779 e. The maximum absolute atomic E-state index is 5.90. The fourth-order valence-electron chi connectivity index (χ4n) is 2.11. The Morgan fingerprint density at radius 2 is 2.20 bits per heavy atom. The first kappa shape index (κ1) is 15.1. The first-order valence-electron chi connectivity index (χ1n) is 6.58. The van der Waals surface area contributed by atoms with Crippen molar-refractivity contribution in [1.82, 2.24) is 4.98 Å². The summed E-state index contributed by atoms with van der Waals surface area (Å²) in [7, 11) is 0. The normalized spacial score (nSPS) is 11.9. The van der Waals surface area contributed by atoms with Crippen LogP contribution in [0, 0.1) is 6.92 Å². The molecule has 0 atom stereocenters. The number of halogens is 1. The summed E-state index contributed by atoms with van der Waals surface area (Å²) in [5.74, 6) is 0.826. The van der Waals surface area contributed by atoms with Crippen LogP contribution in [-0.4, -0.2) is 11.6 Å². The Kier molecular flexibility index (Phi) is 4.84. The number of fused-ring (bicyclic) bond motifs is 1. The molecule has 1 heterocycles. The molecule has 0 bridgehead atoms. The van der Waals surface area contributed by atoms with Crippen molar-refractivity contribution < 1.29 is 4.74 Å². The second-order valence-corrected chi connectivity index (χ2v) is 5.62. The molecule has 4 heteroatoms. The second kappa shape index (κ2) is 6.42. The maximum Gasteiger partial charge on any atom is 0.119 e. The molecule has 0 aliphatic heterocycles. The highest BCUT2D eigenvalue weighted by Crippen LogP contribution is 2.27. The maximum atomic E-state index is 5.90. The number of allylic oxidation sites excluding steroid dienone is 2. The van der Waals surface area contributed by atoms with Crippen molar-refractivity contribution in [2.75, 3.05) is 6.61 Å². The monoisotopic (exact) mass is 306 g/mol. The van der Waals surface area contributed by atoms with Crippen LogP contribution < -0.4 is 4.74 Å². The van der Waals surface area contributed by atoms with Gasteiger partial charge in [-0.25, -0.2) is 0 Å². The Bertz CT molecular complexity index is 663. The average molecular weight is 307 g/mol. The lowest BCUT2D eigenvalue weighted by molar-refractivity contribution is 0.340. The van der Waals surface area contributed by atoms with E-state index in [1.807, 2.05) is 45.0 Å². The quantitative estimate of drug-likeness (QED) is 0.775.